The van der Waals surface area contributed by atoms with E-state index < -0.39 is 5.60 Å². The Morgan fingerprint density at radius 1 is 1.53 bits per heavy atom. The molecule has 1 rings (SSSR count). The lowest BCUT2D eigenvalue weighted by Gasteiger charge is -2.23. The van der Waals surface area contributed by atoms with Crippen LogP contribution in [0.15, 0.2) is 6.33 Å². The average Bonchev–Trinajstić information content (AvgIpc) is 2.29. The zero-order chi connectivity index (χ0) is 14.5. The summed E-state index contributed by atoms with van der Waals surface area (Å²) in [4.78, 5) is 8.06. The molecule has 1 heterocycles. The molecular weight excluding hydrogens is 264 g/mol. The summed E-state index contributed by atoms with van der Waals surface area (Å²) in [5.74, 6) is 1.46. The minimum Gasteiger partial charge on any atom is -0.473 e. The third-order valence-electron chi connectivity index (χ3n) is 2.29. The summed E-state index contributed by atoms with van der Waals surface area (Å²) in [5.41, 5.74) is 5.47. The standard InChI is InChI=1S/C12H22N4O2S/c1-8(2)18-11-9(13)10(15-7-16-11)14-5-12(3,17)6-19-4/h7-8,17H,5-6,13H2,1-4H3,(H,14,15,16). The molecule has 19 heavy (non-hydrogen) atoms. The summed E-state index contributed by atoms with van der Waals surface area (Å²) < 4.78 is 5.48. The molecule has 0 bridgehead atoms. The maximum atomic E-state index is 10.1. The Hall–Kier alpha value is -1.21. The van der Waals surface area contributed by atoms with Crippen molar-refractivity contribution in [3.8, 4) is 5.88 Å². The Balaban J connectivity index is 2.74. The first-order valence-electron chi connectivity index (χ1n) is 6.08. The molecular formula is C12H22N4O2S. The highest BCUT2D eigenvalue weighted by molar-refractivity contribution is 7.98. The van der Waals surface area contributed by atoms with Crippen molar-refractivity contribution in [2.24, 2.45) is 0 Å². The first kappa shape index (κ1) is 15.8. The van der Waals surface area contributed by atoms with Gasteiger partial charge in [-0.25, -0.2) is 4.98 Å². The minimum atomic E-state index is -0.824. The predicted molar refractivity (Wildman–Crippen MR) is 79.7 cm³/mol. The van der Waals surface area contributed by atoms with Gasteiger partial charge in [0.05, 0.1) is 11.7 Å². The smallest absolute Gasteiger partial charge is 0.242 e. The van der Waals surface area contributed by atoms with Gasteiger partial charge < -0.3 is 20.9 Å². The summed E-state index contributed by atoms with van der Waals surface area (Å²) in [6, 6.07) is 0. The van der Waals surface area contributed by atoms with Gasteiger partial charge in [-0.1, -0.05) is 0 Å². The normalized spacial score (nSPS) is 14.2. The average molecular weight is 286 g/mol. The number of aliphatic hydroxyl groups is 1. The van der Waals surface area contributed by atoms with E-state index in [-0.39, 0.29) is 6.10 Å². The van der Waals surface area contributed by atoms with E-state index >= 15 is 0 Å². The molecule has 0 spiro atoms. The van der Waals surface area contributed by atoms with Crippen LogP contribution in [0.2, 0.25) is 0 Å². The van der Waals surface area contributed by atoms with Crippen molar-refractivity contribution in [2.45, 2.75) is 32.5 Å². The van der Waals surface area contributed by atoms with Crippen LogP contribution in [0.25, 0.3) is 0 Å². The van der Waals surface area contributed by atoms with E-state index in [4.69, 9.17) is 10.5 Å². The molecule has 0 saturated carbocycles. The lowest BCUT2D eigenvalue weighted by atomic mass is 10.1. The number of nitrogens with two attached hydrogens (primary N) is 1. The predicted octanol–water partition coefficient (Wildman–Crippen LogP) is 1.37. The molecule has 0 saturated heterocycles. The molecule has 0 aliphatic carbocycles. The quantitative estimate of drug-likeness (QED) is 0.697. The summed E-state index contributed by atoms with van der Waals surface area (Å²) in [7, 11) is 0. The van der Waals surface area contributed by atoms with Crippen LogP contribution < -0.4 is 15.8 Å². The Labute approximate surface area is 118 Å². The van der Waals surface area contributed by atoms with Gasteiger partial charge in [-0.05, 0) is 27.0 Å². The molecule has 4 N–H and O–H groups in total. The second-order valence-corrected chi connectivity index (χ2v) is 5.76. The highest BCUT2D eigenvalue weighted by Gasteiger charge is 2.20. The van der Waals surface area contributed by atoms with Gasteiger partial charge in [0.15, 0.2) is 5.82 Å². The van der Waals surface area contributed by atoms with E-state index in [1.54, 1.807) is 18.7 Å². The highest BCUT2D eigenvalue weighted by atomic mass is 32.2. The molecule has 1 unspecified atom stereocenters. The van der Waals surface area contributed by atoms with Gasteiger partial charge in [0, 0.05) is 12.3 Å². The van der Waals surface area contributed by atoms with Gasteiger partial charge in [0.25, 0.3) is 0 Å². The van der Waals surface area contributed by atoms with Crippen molar-refractivity contribution in [1.29, 1.82) is 0 Å². The summed E-state index contributed by atoms with van der Waals surface area (Å²) in [5, 5.41) is 13.1. The monoisotopic (exact) mass is 286 g/mol. The summed E-state index contributed by atoms with van der Waals surface area (Å²) in [6.45, 7) is 5.92. The number of rotatable bonds is 7. The second kappa shape index (κ2) is 6.81. The molecule has 1 atom stereocenters. The number of hydrogen-bond donors (Lipinski definition) is 3. The van der Waals surface area contributed by atoms with E-state index in [9.17, 15) is 5.11 Å². The number of anilines is 2. The Bertz CT molecular complexity index is 413. The molecule has 1 aromatic rings. The second-order valence-electron chi connectivity index (χ2n) is 4.89. The molecule has 0 amide bonds. The van der Waals surface area contributed by atoms with Crippen LogP contribution in [-0.4, -0.2) is 45.3 Å². The fraction of sp³-hybridized carbons (Fsp3) is 0.667. The van der Waals surface area contributed by atoms with Gasteiger partial charge in [0.1, 0.15) is 12.0 Å². The molecule has 0 aliphatic heterocycles. The number of nitrogens with one attached hydrogen (secondary N) is 1. The van der Waals surface area contributed by atoms with E-state index in [1.807, 2.05) is 20.1 Å². The van der Waals surface area contributed by atoms with Crippen molar-refractivity contribution in [3.05, 3.63) is 6.33 Å². The van der Waals surface area contributed by atoms with Gasteiger partial charge in [-0.15, -0.1) is 0 Å². The number of nitrogens with zero attached hydrogens (tertiary/aromatic N) is 2. The van der Waals surface area contributed by atoms with Crippen molar-refractivity contribution < 1.29 is 9.84 Å². The van der Waals surface area contributed by atoms with Gasteiger partial charge in [-0.2, -0.15) is 16.7 Å². The number of nitrogen functional groups attached to an aromatic ring is 1. The van der Waals surface area contributed by atoms with Crippen LogP contribution in [0.3, 0.4) is 0 Å². The van der Waals surface area contributed by atoms with E-state index in [2.05, 4.69) is 15.3 Å². The Morgan fingerprint density at radius 2 is 2.21 bits per heavy atom. The maximum Gasteiger partial charge on any atom is 0.242 e. The lowest BCUT2D eigenvalue weighted by Crippen LogP contribution is -2.36. The van der Waals surface area contributed by atoms with Crippen LogP contribution >= 0.6 is 11.8 Å². The van der Waals surface area contributed by atoms with Gasteiger partial charge in [-0.3, -0.25) is 0 Å². The number of thioether (sulfide) groups is 1. The van der Waals surface area contributed by atoms with Crippen molar-refractivity contribution >= 4 is 23.3 Å². The Kier molecular flexibility index (Phi) is 5.68. The minimum absolute atomic E-state index is 0.00958. The molecule has 0 radical (unpaired) electrons. The van der Waals surface area contributed by atoms with Crippen LogP contribution in [0.1, 0.15) is 20.8 Å². The first-order chi connectivity index (χ1) is 8.85. The molecule has 0 fully saturated rings. The third kappa shape index (κ3) is 5.12. The van der Waals surface area contributed by atoms with Crippen molar-refractivity contribution in [1.82, 2.24) is 9.97 Å². The molecule has 6 nitrogen and oxygen atoms in total. The molecule has 7 heteroatoms. The molecule has 108 valence electrons. The van der Waals surface area contributed by atoms with Gasteiger partial charge in [0.2, 0.25) is 5.88 Å². The van der Waals surface area contributed by atoms with Crippen LogP contribution in [0, 0.1) is 0 Å². The first-order valence-corrected chi connectivity index (χ1v) is 7.47. The largest absolute Gasteiger partial charge is 0.473 e. The van der Waals surface area contributed by atoms with E-state index in [0.29, 0.717) is 29.7 Å². The van der Waals surface area contributed by atoms with Crippen molar-refractivity contribution in [3.63, 3.8) is 0 Å². The van der Waals surface area contributed by atoms with Crippen molar-refractivity contribution in [2.75, 3.05) is 29.6 Å². The highest BCUT2D eigenvalue weighted by Crippen LogP contribution is 2.26. The molecule has 0 aliphatic rings. The number of aromatic nitrogens is 2. The maximum absolute atomic E-state index is 10.1. The fourth-order valence-corrected chi connectivity index (χ4v) is 2.20. The van der Waals surface area contributed by atoms with Crippen LogP contribution in [-0.2, 0) is 0 Å². The Morgan fingerprint density at radius 3 is 2.79 bits per heavy atom. The SMILES string of the molecule is CSCC(C)(O)CNc1ncnc(OC(C)C)c1N. The summed E-state index contributed by atoms with van der Waals surface area (Å²) >= 11 is 1.58. The van der Waals surface area contributed by atoms with E-state index in [1.165, 1.54) is 6.33 Å². The third-order valence-corrected chi connectivity index (χ3v) is 3.20. The molecule has 0 aromatic carbocycles. The number of ether oxygens (including phenoxy) is 1. The zero-order valence-corrected chi connectivity index (χ0v) is 12.6. The topological polar surface area (TPSA) is 93.3 Å². The lowest BCUT2D eigenvalue weighted by molar-refractivity contribution is 0.0996. The zero-order valence-electron chi connectivity index (χ0n) is 11.8. The number of hydrogen-bond acceptors (Lipinski definition) is 7. The molecule has 1 aromatic heterocycles. The van der Waals surface area contributed by atoms with Gasteiger partial charge >= 0.3 is 0 Å². The van der Waals surface area contributed by atoms with Crippen LogP contribution in [0.4, 0.5) is 11.5 Å². The van der Waals surface area contributed by atoms with Crippen LogP contribution in [0.5, 0.6) is 5.88 Å². The fourth-order valence-electron chi connectivity index (χ4n) is 1.47. The van der Waals surface area contributed by atoms with E-state index in [0.717, 1.165) is 0 Å². The summed E-state index contributed by atoms with van der Waals surface area (Å²) in [6.07, 6.45) is 3.33.